The summed E-state index contributed by atoms with van der Waals surface area (Å²) in [5.41, 5.74) is -2.57. The van der Waals surface area contributed by atoms with Gasteiger partial charge < -0.3 is 19.5 Å². The number of benzene rings is 3. The van der Waals surface area contributed by atoms with Crippen molar-refractivity contribution in [1.82, 2.24) is 10.2 Å². The van der Waals surface area contributed by atoms with Gasteiger partial charge in [0, 0.05) is 12.0 Å². The van der Waals surface area contributed by atoms with E-state index < -0.39 is 65.9 Å². The molecule has 3 rings (SSSR count). The number of rotatable bonds is 12. The van der Waals surface area contributed by atoms with Crippen molar-refractivity contribution in [1.29, 1.82) is 0 Å². The number of hydrogen-bond donors (Lipinski definition) is 1. The number of halogens is 6. The Morgan fingerprint density at radius 3 is 1.72 bits per heavy atom. The Bertz CT molecular complexity index is 1390. The monoisotopic (exact) mass is 668 g/mol. The van der Waals surface area contributed by atoms with Crippen LogP contribution in [-0.4, -0.2) is 55.0 Å². The first-order chi connectivity index (χ1) is 21.9. The summed E-state index contributed by atoms with van der Waals surface area (Å²) in [5.74, 6) is -1.22. The summed E-state index contributed by atoms with van der Waals surface area (Å²) in [4.78, 5) is 27.1. The number of ether oxygens (including phenoxy) is 3. The fourth-order valence-corrected chi connectivity index (χ4v) is 5.06. The van der Waals surface area contributed by atoms with E-state index in [0.29, 0.717) is 12.1 Å². The molecule has 2 atom stereocenters. The number of nitrogens with one attached hydrogen (secondary N) is 1. The van der Waals surface area contributed by atoms with E-state index in [-0.39, 0.29) is 24.8 Å². The lowest BCUT2D eigenvalue weighted by Gasteiger charge is -2.40. The number of nitrogens with zero attached hydrogens (tertiary/aromatic N) is 1. The molecular weight excluding hydrogens is 630 g/mol. The molecule has 0 spiro atoms. The van der Waals surface area contributed by atoms with Crippen molar-refractivity contribution in [3.63, 3.8) is 0 Å². The first kappa shape index (κ1) is 37.4. The van der Waals surface area contributed by atoms with Gasteiger partial charge in [-0.05, 0) is 62.6 Å². The highest BCUT2D eigenvalue weighted by Gasteiger charge is 2.38. The second-order valence-corrected chi connectivity index (χ2v) is 11.9. The largest absolute Gasteiger partial charge is 0.468 e. The van der Waals surface area contributed by atoms with E-state index in [4.69, 9.17) is 14.2 Å². The predicted molar refractivity (Wildman–Crippen MR) is 162 cm³/mol. The van der Waals surface area contributed by atoms with Crippen LogP contribution in [0.1, 0.15) is 61.4 Å². The van der Waals surface area contributed by atoms with Crippen LogP contribution in [0.2, 0.25) is 0 Å². The van der Waals surface area contributed by atoms with Crippen LogP contribution in [0.25, 0.3) is 0 Å². The van der Waals surface area contributed by atoms with Gasteiger partial charge in [-0.15, -0.1) is 0 Å². The average Bonchev–Trinajstić information content (AvgIpc) is 2.98. The molecule has 0 bridgehead atoms. The molecule has 47 heavy (non-hydrogen) atoms. The van der Waals surface area contributed by atoms with Crippen LogP contribution in [0.15, 0.2) is 78.9 Å². The number of esters is 1. The summed E-state index contributed by atoms with van der Waals surface area (Å²) in [6.45, 7) is 5.38. The van der Waals surface area contributed by atoms with Crippen molar-refractivity contribution >= 4 is 12.1 Å². The van der Waals surface area contributed by atoms with Gasteiger partial charge >= 0.3 is 24.4 Å². The van der Waals surface area contributed by atoms with Gasteiger partial charge in [0.25, 0.3) is 0 Å². The molecule has 0 saturated heterocycles. The Labute approximate surface area is 269 Å². The van der Waals surface area contributed by atoms with E-state index >= 15 is 0 Å². The third-order valence-corrected chi connectivity index (χ3v) is 7.10. The molecule has 13 heteroatoms. The van der Waals surface area contributed by atoms with Crippen LogP contribution < -0.4 is 5.32 Å². The molecule has 3 aromatic carbocycles. The Morgan fingerprint density at radius 1 is 0.809 bits per heavy atom. The number of alkyl halides is 6. The fourth-order valence-electron chi connectivity index (χ4n) is 5.06. The second kappa shape index (κ2) is 15.7. The van der Waals surface area contributed by atoms with Gasteiger partial charge in [-0.25, -0.2) is 4.79 Å². The summed E-state index contributed by atoms with van der Waals surface area (Å²) < 4.78 is 97.4. The minimum atomic E-state index is -5.02. The van der Waals surface area contributed by atoms with Crippen LogP contribution >= 0.6 is 0 Å². The van der Waals surface area contributed by atoms with Gasteiger partial charge in [-0.1, -0.05) is 60.7 Å². The highest BCUT2D eigenvalue weighted by atomic mass is 19.4. The molecule has 0 radical (unpaired) electrons. The molecule has 3 aromatic rings. The molecular formula is C34H38F6N2O5. The van der Waals surface area contributed by atoms with E-state index in [9.17, 15) is 35.9 Å². The number of hydrogen-bond acceptors (Lipinski definition) is 6. The topological polar surface area (TPSA) is 77.1 Å². The van der Waals surface area contributed by atoms with E-state index in [2.05, 4.69) is 5.32 Å². The fraction of sp³-hybridized carbons (Fsp3) is 0.412. The maximum absolute atomic E-state index is 13.5. The first-order valence-electron chi connectivity index (χ1n) is 14.7. The molecule has 7 nitrogen and oxygen atoms in total. The highest BCUT2D eigenvalue weighted by molar-refractivity contribution is 5.72. The molecule has 0 aliphatic heterocycles. The molecule has 0 fully saturated rings. The molecule has 2 unspecified atom stereocenters. The summed E-state index contributed by atoms with van der Waals surface area (Å²) in [6.07, 6.45) is -11.7. The third-order valence-electron chi connectivity index (χ3n) is 7.10. The number of carbonyl (C=O) groups excluding carboxylic acids is 2. The third kappa shape index (κ3) is 11.3. The summed E-state index contributed by atoms with van der Waals surface area (Å²) >= 11 is 0. The zero-order valence-electron chi connectivity index (χ0n) is 26.6. The summed E-state index contributed by atoms with van der Waals surface area (Å²) in [5, 5.41) is 2.71. The Morgan fingerprint density at radius 2 is 1.30 bits per heavy atom. The van der Waals surface area contributed by atoms with Crippen LogP contribution in [0.3, 0.4) is 0 Å². The maximum atomic E-state index is 13.5. The van der Waals surface area contributed by atoms with Crippen molar-refractivity contribution in [3.8, 4) is 0 Å². The highest BCUT2D eigenvalue weighted by Crippen LogP contribution is 2.37. The standard InChI is InChI=1S/C34H38F6N2O5/c1-22(41-31(44)47-32(2,3)4)42(19-29(43)45-5)28(30(24-12-8-6-9-13-24)25-14-10-7-11-15-25)21-46-20-23-16-26(33(35,36)37)18-27(17-23)34(38,39)40/h6-18,22,28,30H,19-21H2,1-5H3,(H,41,44). The Balaban J connectivity index is 2.09. The molecule has 0 aromatic heterocycles. The summed E-state index contributed by atoms with van der Waals surface area (Å²) in [6, 6.07) is 18.6. The molecule has 0 heterocycles. The lowest BCUT2D eigenvalue weighted by Crippen LogP contribution is -2.56. The molecule has 256 valence electrons. The van der Waals surface area contributed by atoms with Gasteiger partial charge in [0.1, 0.15) is 5.60 Å². The Kier molecular flexibility index (Phi) is 12.4. The SMILES string of the molecule is COC(=O)CN(C(C)NC(=O)OC(C)(C)C)C(COCc1cc(C(F)(F)F)cc(C(F)(F)F)c1)C(c1ccccc1)c1ccccc1. The Hall–Kier alpha value is -4.10. The molecule has 0 aliphatic carbocycles. The van der Waals surface area contributed by atoms with Crippen molar-refractivity contribution in [2.24, 2.45) is 0 Å². The first-order valence-corrected chi connectivity index (χ1v) is 14.7. The van der Waals surface area contributed by atoms with Gasteiger partial charge in [0.05, 0.1) is 44.2 Å². The molecule has 0 saturated carbocycles. The van der Waals surface area contributed by atoms with Crippen molar-refractivity contribution in [2.45, 2.75) is 70.4 Å². The van der Waals surface area contributed by atoms with E-state index in [0.717, 1.165) is 11.1 Å². The van der Waals surface area contributed by atoms with Gasteiger partial charge in [0.15, 0.2) is 0 Å². The minimum Gasteiger partial charge on any atom is -0.468 e. The number of methoxy groups -OCH3 is 1. The minimum absolute atomic E-state index is 0.0508. The van der Waals surface area contributed by atoms with Crippen molar-refractivity contribution < 1.29 is 50.1 Å². The van der Waals surface area contributed by atoms with Crippen LogP contribution in [0, 0.1) is 0 Å². The lowest BCUT2D eigenvalue weighted by molar-refractivity contribution is -0.144. The van der Waals surface area contributed by atoms with E-state index in [1.807, 2.05) is 36.4 Å². The average molecular weight is 669 g/mol. The zero-order valence-corrected chi connectivity index (χ0v) is 26.6. The normalized spacial score (nSPS) is 13.7. The van der Waals surface area contributed by atoms with Crippen LogP contribution in [-0.2, 0) is 38.0 Å². The van der Waals surface area contributed by atoms with E-state index in [1.54, 1.807) is 56.9 Å². The quantitative estimate of drug-likeness (QED) is 0.121. The molecule has 1 amide bonds. The molecule has 0 aliphatic rings. The van der Waals surface area contributed by atoms with Crippen LogP contribution in [0.4, 0.5) is 31.1 Å². The predicted octanol–water partition coefficient (Wildman–Crippen LogP) is 7.79. The second-order valence-electron chi connectivity index (χ2n) is 11.9. The molecule has 1 N–H and O–H groups in total. The smallest absolute Gasteiger partial charge is 0.416 e. The maximum Gasteiger partial charge on any atom is 0.416 e. The lowest BCUT2D eigenvalue weighted by atomic mass is 9.84. The van der Waals surface area contributed by atoms with Gasteiger partial charge in [-0.3, -0.25) is 9.69 Å². The van der Waals surface area contributed by atoms with Gasteiger partial charge in [-0.2, -0.15) is 26.3 Å². The number of alkyl carbamates (subject to hydrolysis) is 1. The van der Waals surface area contributed by atoms with Gasteiger partial charge in [0.2, 0.25) is 0 Å². The summed E-state index contributed by atoms with van der Waals surface area (Å²) in [7, 11) is 1.19. The van der Waals surface area contributed by atoms with E-state index in [1.165, 1.54) is 7.11 Å². The zero-order chi connectivity index (χ0) is 35.0. The van der Waals surface area contributed by atoms with Crippen LogP contribution in [0.5, 0.6) is 0 Å². The number of carbonyl (C=O) groups is 2. The number of amides is 1. The van der Waals surface area contributed by atoms with Crippen molar-refractivity contribution in [3.05, 3.63) is 107 Å². The van der Waals surface area contributed by atoms with Crippen molar-refractivity contribution in [2.75, 3.05) is 20.3 Å².